The number of rotatable bonds is 2. The van der Waals surface area contributed by atoms with Gasteiger partial charge in [0.15, 0.2) is 0 Å². The largest absolute Gasteiger partial charge is 0.459 e. The summed E-state index contributed by atoms with van der Waals surface area (Å²) >= 11 is 0. The molecule has 90 valence electrons. The van der Waals surface area contributed by atoms with E-state index >= 15 is 0 Å². The molecule has 1 atom stereocenters. The van der Waals surface area contributed by atoms with E-state index in [4.69, 9.17) is 10.5 Å². The molecule has 0 saturated heterocycles. The average molecular weight is 232 g/mol. The predicted octanol–water partition coefficient (Wildman–Crippen LogP) is 2.21. The molecule has 4 nitrogen and oxygen atoms in total. The number of nitrogen functional groups attached to an aromatic ring is 1. The summed E-state index contributed by atoms with van der Waals surface area (Å²) in [6.07, 6.45) is 2.06. The number of nitrogens with two attached hydrogens (primary N) is 1. The van der Waals surface area contributed by atoms with Crippen molar-refractivity contribution in [2.75, 3.05) is 11.1 Å². The summed E-state index contributed by atoms with van der Waals surface area (Å²) in [6, 6.07) is 5.79. The molecule has 0 spiro atoms. The van der Waals surface area contributed by atoms with Crippen molar-refractivity contribution in [1.82, 2.24) is 0 Å². The Kier molecular flexibility index (Phi) is 3.04. The van der Waals surface area contributed by atoms with E-state index in [-0.39, 0.29) is 12.1 Å². The topological polar surface area (TPSA) is 64.3 Å². The van der Waals surface area contributed by atoms with Crippen LogP contribution in [0, 0.1) is 6.92 Å². The monoisotopic (exact) mass is 232 g/mol. The van der Waals surface area contributed by atoms with Gasteiger partial charge in [0.05, 0.1) is 11.4 Å². The summed E-state index contributed by atoms with van der Waals surface area (Å²) in [5.74, 6) is -0.308. The van der Waals surface area contributed by atoms with E-state index in [1.807, 2.05) is 32.0 Å². The highest BCUT2D eigenvalue weighted by atomic mass is 16.5. The molecule has 0 aliphatic carbocycles. The van der Waals surface area contributed by atoms with E-state index in [1.165, 1.54) is 6.08 Å². The van der Waals surface area contributed by atoms with Gasteiger partial charge in [-0.05, 0) is 31.5 Å². The predicted molar refractivity (Wildman–Crippen MR) is 67.5 cm³/mol. The molecule has 0 bridgehead atoms. The summed E-state index contributed by atoms with van der Waals surface area (Å²) in [7, 11) is 0. The maximum Gasteiger partial charge on any atom is 0.332 e. The second-order valence-electron chi connectivity index (χ2n) is 4.34. The maximum atomic E-state index is 11.2. The Morgan fingerprint density at radius 2 is 2.24 bits per heavy atom. The fourth-order valence-corrected chi connectivity index (χ4v) is 1.84. The van der Waals surface area contributed by atoms with E-state index in [1.54, 1.807) is 0 Å². The van der Waals surface area contributed by atoms with Crippen LogP contribution in [0.25, 0.3) is 0 Å². The van der Waals surface area contributed by atoms with E-state index in [9.17, 15) is 4.79 Å². The zero-order valence-corrected chi connectivity index (χ0v) is 9.99. The van der Waals surface area contributed by atoms with E-state index in [2.05, 4.69) is 5.32 Å². The van der Waals surface area contributed by atoms with Crippen LogP contribution in [0.5, 0.6) is 0 Å². The fourth-order valence-electron chi connectivity index (χ4n) is 1.84. The summed E-state index contributed by atoms with van der Waals surface area (Å²) in [5.41, 5.74) is 9.35. The Labute approximate surface area is 100 Å². The molecular weight excluding hydrogens is 216 g/mol. The van der Waals surface area contributed by atoms with Gasteiger partial charge in [-0.3, -0.25) is 0 Å². The van der Waals surface area contributed by atoms with Crippen molar-refractivity contribution in [3.05, 3.63) is 35.5 Å². The maximum absolute atomic E-state index is 11.2. The quantitative estimate of drug-likeness (QED) is 0.606. The molecule has 0 amide bonds. The number of benzene rings is 1. The molecule has 3 N–H and O–H groups in total. The smallest absolute Gasteiger partial charge is 0.332 e. The molecule has 0 fully saturated rings. The molecule has 2 rings (SSSR count). The Morgan fingerprint density at radius 1 is 1.47 bits per heavy atom. The van der Waals surface area contributed by atoms with Gasteiger partial charge in [-0.2, -0.15) is 0 Å². The first kappa shape index (κ1) is 11.5. The van der Waals surface area contributed by atoms with Crippen LogP contribution in [0.15, 0.2) is 30.0 Å². The minimum atomic E-state index is -0.308. The average Bonchev–Trinajstić information content (AvgIpc) is 2.21. The Morgan fingerprint density at radius 3 is 2.88 bits per heavy atom. The SMILES string of the molecule is Cc1ccc(NC2=CC(=O)OC(C)C2)c(N)c1. The van der Waals surface area contributed by atoms with Gasteiger partial charge in [-0.15, -0.1) is 0 Å². The van der Waals surface area contributed by atoms with Crippen LogP contribution in [-0.4, -0.2) is 12.1 Å². The highest BCUT2D eigenvalue weighted by Crippen LogP contribution is 2.24. The summed E-state index contributed by atoms with van der Waals surface area (Å²) in [4.78, 5) is 11.2. The molecule has 1 aromatic rings. The minimum Gasteiger partial charge on any atom is -0.459 e. The van der Waals surface area contributed by atoms with Crippen molar-refractivity contribution in [2.45, 2.75) is 26.4 Å². The number of ether oxygens (including phenoxy) is 1. The normalized spacial score (nSPS) is 19.5. The number of hydrogen-bond donors (Lipinski definition) is 2. The summed E-state index contributed by atoms with van der Waals surface area (Å²) < 4.78 is 5.02. The van der Waals surface area contributed by atoms with Crippen molar-refractivity contribution in [1.29, 1.82) is 0 Å². The molecule has 1 unspecified atom stereocenters. The van der Waals surface area contributed by atoms with Gasteiger partial charge in [0.1, 0.15) is 6.10 Å². The molecule has 17 heavy (non-hydrogen) atoms. The number of anilines is 2. The Balaban J connectivity index is 2.18. The summed E-state index contributed by atoms with van der Waals surface area (Å²) in [5, 5.41) is 3.17. The molecule has 0 radical (unpaired) electrons. The van der Waals surface area contributed by atoms with Crippen LogP contribution in [0.3, 0.4) is 0 Å². The zero-order chi connectivity index (χ0) is 12.4. The van der Waals surface area contributed by atoms with E-state index in [0.717, 1.165) is 16.9 Å². The van der Waals surface area contributed by atoms with Gasteiger partial charge in [0.25, 0.3) is 0 Å². The van der Waals surface area contributed by atoms with E-state index in [0.29, 0.717) is 12.1 Å². The van der Waals surface area contributed by atoms with Gasteiger partial charge in [-0.25, -0.2) is 4.79 Å². The third kappa shape index (κ3) is 2.78. The number of hydrogen-bond acceptors (Lipinski definition) is 4. The van der Waals surface area contributed by atoms with Crippen LogP contribution >= 0.6 is 0 Å². The number of carbonyl (C=O) groups excluding carboxylic acids is 1. The van der Waals surface area contributed by atoms with Crippen molar-refractivity contribution in [3.63, 3.8) is 0 Å². The van der Waals surface area contributed by atoms with Gasteiger partial charge in [0.2, 0.25) is 0 Å². The lowest BCUT2D eigenvalue weighted by atomic mass is 10.1. The molecule has 1 aromatic carbocycles. The first-order chi connectivity index (χ1) is 8.04. The lowest BCUT2D eigenvalue weighted by Gasteiger charge is -2.21. The molecule has 4 heteroatoms. The van der Waals surface area contributed by atoms with Crippen LogP contribution < -0.4 is 11.1 Å². The zero-order valence-electron chi connectivity index (χ0n) is 9.99. The second-order valence-corrected chi connectivity index (χ2v) is 4.34. The van der Waals surface area contributed by atoms with Crippen LogP contribution in [-0.2, 0) is 9.53 Å². The molecule has 0 saturated carbocycles. The van der Waals surface area contributed by atoms with Crippen molar-refractivity contribution in [3.8, 4) is 0 Å². The Bertz CT molecular complexity index is 480. The third-order valence-electron chi connectivity index (χ3n) is 2.62. The van der Waals surface area contributed by atoms with Crippen molar-refractivity contribution < 1.29 is 9.53 Å². The fraction of sp³-hybridized carbons (Fsp3) is 0.308. The van der Waals surface area contributed by atoms with Gasteiger partial charge >= 0.3 is 5.97 Å². The number of aryl methyl sites for hydroxylation is 1. The lowest BCUT2D eigenvalue weighted by molar-refractivity contribution is -0.143. The number of nitrogens with one attached hydrogen (secondary N) is 1. The van der Waals surface area contributed by atoms with Gasteiger partial charge in [-0.1, -0.05) is 6.07 Å². The minimum absolute atomic E-state index is 0.0957. The second kappa shape index (κ2) is 4.49. The molecule has 0 aromatic heterocycles. The van der Waals surface area contributed by atoms with Crippen LogP contribution in [0.2, 0.25) is 0 Å². The standard InChI is InChI=1S/C13H16N2O2/c1-8-3-4-12(11(14)5-8)15-10-6-9(2)17-13(16)7-10/h3-5,7,9,15H,6,14H2,1-2H3. The molecule has 1 heterocycles. The van der Waals surface area contributed by atoms with Crippen molar-refractivity contribution >= 4 is 17.3 Å². The van der Waals surface area contributed by atoms with Crippen molar-refractivity contribution in [2.24, 2.45) is 0 Å². The van der Waals surface area contributed by atoms with Gasteiger partial charge in [0, 0.05) is 18.2 Å². The van der Waals surface area contributed by atoms with Crippen LogP contribution in [0.4, 0.5) is 11.4 Å². The highest BCUT2D eigenvalue weighted by molar-refractivity contribution is 5.85. The number of carbonyl (C=O) groups is 1. The first-order valence-electron chi connectivity index (χ1n) is 5.59. The number of esters is 1. The van der Waals surface area contributed by atoms with Gasteiger partial charge < -0.3 is 15.8 Å². The number of cyclic esters (lactones) is 1. The van der Waals surface area contributed by atoms with E-state index < -0.39 is 0 Å². The molecule has 1 aliphatic heterocycles. The highest BCUT2D eigenvalue weighted by Gasteiger charge is 2.17. The Hall–Kier alpha value is -1.97. The lowest BCUT2D eigenvalue weighted by Crippen LogP contribution is -2.22. The summed E-state index contributed by atoms with van der Waals surface area (Å²) in [6.45, 7) is 3.85. The third-order valence-corrected chi connectivity index (χ3v) is 2.62. The molecular formula is C13H16N2O2. The molecule has 1 aliphatic rings. The first-order valence-corrected chi connectivity index (χ1v) is 5.59. The van der Waals surface area contributed by atoms with Crippen LogP contribution in [0.1, 0.15) is 18.9 Å².